The lowest BCUT2D eigenvalue weighted by molar-refractivity contribution is -0.140. The Bertz CT molecular complexity index is 1110. The molecule has 0 saturated heterocycles. The van der Waals surface area contributed by atoms with Crippen LogP contribution in [0.2, 0.25) is 0 Å². The van der Waals surface area contributed by atoms with Crippen LogP contribution in [-0.2, 0) is 11.3 Å². The molecule has 158 valence electrons. The quantitative estimate of drug-likeness (QED) is 0.510. The normalized spacial score (nSPS) is 12.3. The molecular formula is C22H22FNO6. The highest BCUT2D eigenvalue weighted by Gasteiger charge is 2.21. The Hall–Kier alpha value is -3.39. The number of aliphatic carboxylic acids is 1. The summed E-state index contributed by atoms with van der Waals surface area (Å²) < 4.78 is 24.1. The zero-order valence-corrected chi connectivity index (χ0v) is 16.5. The molecule has 7 nitrogen and oxygen atoms in total. The summed E-state index contributed by atoms with van der Waals surface area (Å²) in [5.74, 6) is -1.23. The van der Waals surface area contributed by atoms with Gasteiger partial charge in [0.15, 0.2) is 0 Å². The first-order chi connectivity index (χ1) is 14.3. The molecule has 3 rings (SSSR count). The molecule has 3 N–H and O–H groups in total. The number of halogens is 1. The van der Waals surface area contributed by atoms with Crippen LogP contribution in [0.15, 0.2) is 51.9 Å². The van der Waals surface area contributed by atoms with Crippen molar-refractivity contribution in [2.45, 2.75) is 32.9 Å². The van der Waals surface area contributed by atoms with E-state index in [4.69, 9.17) is 9.15 Å². The van der Waals surface area contributed by atoms with Gasteiger partial charge in [0, 0.05) is 6.54 Å². The average molecular weight is 415 g/mol. The molecule has 1 heterocycles. The molecule has 1 aromatic heterocycles. The van der Waals surface area contributed by atoms with Crippen molar-refractivity contribution in [1.82, 2.24) is 5.32 Å². The number of carboxylic acids is 1. The number of rotatable bonds is 8. The molecule has 2 aromatic carbocycles. The second kappa shape index (κ2) is 8.96. The third-order valence-electron chi connectivity index (χ3n) is 4.56. The Kier molecular flexibility index (Phi) is 6.37. The van der Waals surface area contributed by atoms with Crippen molar-refractivity contribution in [3.05, 3.63) is 64.3 Å². The SMILES string of the molecule is CC(C)CC(NCc1c(O)ccc2c(=O)c(Oc3ccc(F)cc3)coc12)C(=O)O. The highest BCUT2D eigenvalue weighted by atomic mass is 19.1. The molecule has 8 heteroatoms. The van der Waals surface area contributed by atoms with Crippen LogP contribution >= 0.6 is 0 Å². The van der Waals surface area contributed by atoms with E-state index in [0.717, 1.165) is 6.26 Å². The minimum atomic E-state index is -1.00. The second-order valence-corrected chi connectivity index (χ2v) is 7.33. The number of ether oxygens (including phenoxy) is 1. The summed E-state index contributed by atoms with van der Waals surface area (Å²) in [6, 6.07) is 7.10. The summed E-state index contributed by atoms with van der Waals surface area (Å²) in [6.07, 6.45) is 1.51. The Labute approximate surface area is 171 Å². The molecule has 0 aliphatic rings. The maximum atomic E-state index is 13.0. The van der Waals surface area contributed by atoms with Crippen LogP contribution in [0.25, 0.3) is 11.0 Å². The first-order valence-electron chi connectivity index (χ1n) is 9.42. The van der Waals surface area contributed by atoms with Gasteiger partial charge < -0.3 is 24.7 Å². The van der Waals surface area contributed by atoms with Crippen LogP contribution in [-0.4, -0.2) is 22.2 Å². The zero-order chi connectivity index (χ0) is 21.8. The number of carboxylic acid groups (broad SMARTS) is 1. The first-order valence-corrected chi connectivity index (χ1v) is 9.42. The van der Waals surface area contributed by atoms with Gasteiger partial charge in [-0.1, -0.05) is 13.8 Å². The standard InChI is InChI=1S/C22H22FNO6/c1-12(2)9-17(22(27)28)24-10-16-18(25)8-7-15-20(26)19(11-29-21(15)16)30-14-5-3-13(23)4-6-14/h3-8,11-12,17,24-25H,9-10H2,1-2H3,(H,27,28). The third kappa shape index (κ3) is 4.77. The lowest BCUT2D eigenvalue weighted by atomic mass is 10.0. The van der Waals surface area contributed by atoms with E-state index in [1.165, 1.54) is 36.4 Å². The molecule has 30 heavy (non-hydrogen) atoms. The van der Waals surface area contributed by atoms with Crippen molar-refractivity contribution < 1.29 is 28.6 Å². The predicted octanol–water partition coefficient (Wildman–Crippen LogP) is 4.02. The van der Waals surface area contributed by atoms with Gasteiger partial charge in [-0.05, 0) is 48.7 Å². The molecule has 0 radical (unpaired) electrons. The van der Waals surface area contributed by atoms with Gasteiger partial charge in [0.1, 0.15) is 35.2 Å². The molecule has 3 aromatic rings. The summed E-state index contributed by atoms with van der Waals surface area (Å²) >= 11 is 0. The first kappa shape index (κ1) is 21.3. The number of fused-ring (bicyclic) bond motifs is 1. The van der Waals surface area contributed by atoms with Crippen molar-refractivity contribution in [2.75, 3.05) is 0 Å². The van der Waals surface area contributed by atoms with Crippen LogP contribution in [0.3, 0.4) is 0 Å². The van der Waals surface area contributed by atoms with Crippen molar-refractivity contribution in [2.24, 2.45) is 5.92 Å². The van der Waals surface area contributed by atoms with Crippen molar-refractivity contribution in [3.8, 4) is 17.2 Å². The number of carbonyl (C=O) groups is 1. The van der Waals surface area contributed by atoms with E-state index in [1.54, 1.807) is 0 Å². The van der Waals surface area contributed by atoms with Gasteiger partial charge in [0.25, 0.3) is 0 Å². The maximum absolute atomic E-state index is 13.0. The van der Waals surface area contributed by atoms with Crippen molar-refractivity contribution in [1.29, 1.82) is 0 Å². The Morgan fingerprint density at radius 1 is 1.20 bits per heavy atom. The zero-order valence-electron chi connectivity index (χ0n) is 16.5. The molecule has 0 saturated carbocycles. The van der Waals surface area contributed by atoms with E-state index in [1.807, 2.05) is 13.8 Å². The van der Waals surface area contributed by atoms with E-state index in [-0.39, 0.29) is 46.2 Å². The van der Waals surface area contributed by atoms with Crippen LogP contribution in [0.1, 0.15) is 25.8 Å². The van der Waals surface area contributed by atoms with E-state index >= 15 is 0 Å². The summed E-state index contributed by atoms with van der Waals surface area (Å²) in [7, 11) is 0. The van der Waals surface area contributed by atoms with E-state index in [9.17, 15) is 24.2 Å². The number of benzene rings is 2. The highest BCUT2D eigenvalue weighted by Crippen LogP contribution is 2.28. The van der Waals surface area contributed by atoms with Gasteiger partial charge in [-0.3, -0.25) is 9.59 Å². The molecule has 1 unspecified atom stereocenters. The molecule has 0 aliphatic heterocycles. The molecule has 0 aliphatic carbocycles. The number of phenolic OH excluding ortho intramolecular Hbond substituents is 1. The smallest absolute Gasteiger partial charge is 0.320 e. The summed E-state index contributed by atoms with van der Waals surface area (Å²) in [4.78, 5) is 24.3. The number of hydrogen-bond donors (Lipinski definition) is 3. The third-order valence-corrected chi connectivity index (χ3v) is 4.56. The molecule has 0 amide bonds. The molecule has 0 bridgehead atoms. The highest BCUT2D eigenvalue weighted by molar-refractivity contribution is 5.83. The monoisotopic (exact) mass is 415 g/mol. The van der Waals surface area contributed by atoms with Crippen LogP contribution in [0.4, 0.5) is 4.39 Å². The minimum absolute atomic E-state index is 0.00599. The minimum Gasteiger partial charge on any atom is -0.507 e. The molecule has 0 fully saturated rings. The Balaban J connectivity index is 1.91. The van der Waals surface area contributed by atoms with Crippen LogP contribution < -0.4 is 15.5 Å². The van der Waals surface area contributed by atoms with E-state index in [0.29, 0.717) is 6.42 Å². The number of phenols is 1. The van der Waals surface area contributed by atoms with Gasteiger partial charge in [-0.2, -0.15) is 0 Å². The molecular weight excluding hydrogens is 393 g/mol. The number of aromatic hydroxyl groups is 1. The van der Waals surface area contributed by atoms with Gasteiger partial charge in [0.2, 0.25) is 11.2 Å². The van der Waals surface area contributed by atoms with E-state index < -0.39 is 23.3 Å². The lowest BCUT2D eigenvalue weighted by Gasteiger charge is -2.17. The number of hydrogen-bond acceptors (Lipinski definition) is 6. The lowest BCUT2D eigenvalue weighted by Crippen LogP contribution is -2.37. The predicted molar refractivity (Wildman–Crippen MR) is 108 cm³/mol. The Morgan fingerprint density at radius 2 is 1.90 bits per heavy atom. The van der Waals surface area contributed by atoms with E-state index in [2.05, 4.69) is 5.32 Å². The van der Waals surface area contributed by atoms with Crippen molar-refractivity contribution in [3.63, 3.8) is 0 Å². The van der Waals surface area contributed by atoms with Crippen molar-refractivity contribution >= 4 is 16.9 Å². The fraction of sp³-hybridized carbons (Fsp3) is 0.273. The summed E-state index contributed by atoms with van der Waals surface area (Å²) in [5.41, 5.74) is -0.0700. The van der Waals surface area contributed by atoms with Crippen LogP contribution in [0.5, 0.6) is 17.2 Å². The largest absolute Gasteiger partial charge is 0.507 e. The maximum Gasteiger partial charge on any atom is 0.320 e. The summed E-state index contributed by atoms with van der Waals surface area (Å²) in [5, 5.41) is 22.7. The van der Waals surface area contributed by atoms with Gasteiger partial charge in [0.05, 0.1) is 10.9 Å². The van der Waals surface area contributed by atoms with Gasteiger partial charge >= 0.3 is 5.97 Å². The number of nitrogens with one attached hydrogen (secondary N) is 1. The fourth-order valence-corrected chi connectivity index (χ4v) is 3.07. The summed E-state index contributed by atoms with van der Waals surface area (Å²) in [6.45, 7) is 3.82. The fourth-order valence-electron chi connectivity index (χ4n) is 3.07. The molecule has 1 atom stereocenters. The second-order valence-electron chi connectivity index (χ2n) is 7.33. The van der Waals surface area contributed by atoms with Gasteiger partial charge in [-0.25, -0.2) is 4.39 Å². The van der Waals surface area contributed by atoms with Crippen LogP contribution in [0, 0.1) is 11.7 Å². The van der Waals surface area contributed by atoms with Gasteiger partial charge in [-0.15, -0.1) is 0 Å². The molecule has 0 spiro atoms. The topological polar surface area (TPSA) is 109 Å². The Morgan fingerprint density at radius 3 is 2.53 bits per heavy atom. The average Bonchev–Trinajstić information content (AvgIpc) is 2.69.